The molecule has 1 unspecified atom stereocenters. The Balaban J connectivity index is 1.93. The molecule has 0 amide bonds. The molecule has 1 saturated carbocycles. The molecule has 3 saturated heterocycles. The largest absolute Gasteiger partial charge is 0.468 e. The first-order valence-electron chi connectivity index (χ1n) is 9.68. The Morgan fingerprint density at radius 3 is 2.93 bits per heavy atom. The van der Waals surface area contributed by atoms with Gasteiger partial charge in [0.05, 0.1) is 25.2 Å². The molecule has 0 radical (unpaired) electrons. The first kappa shape index (κ1) is 17.2. The third kappa shape index (κ3) is 1.55. The zero-order valence-electron chi connectivity index (χ0n) is 15.7. The lowest BCUT2D eigenvalue weighted by Crippen LogP contribution is -2.75. The van der Waals surface area contributed by atoms with Crippen LogP contribution in [-0.2, 0) is 14.9 Å². The summed E-state index contributed by atoms with van der Waals surface area (Å²) in [6.45, 7) is 3.10. The molecule has 1 spiro atoms. The van der Waals surface area contributed by atoms with E-state index in [1.54, 1.807) is 0 Å². The monoisotopic (exact) mass is 370 g/mol. The van der Waals surface area contributed by atoms with E-state index >= 15 is 0 Å². The Kier molecular flexibility index (Phi) is 3.41. The van der Waals surface area contributed by atoms with Gasteiger partial charge in [-0.25, -0.2) is 0 Å². The third-order valence-electron chi connectivity index (χ3n) is 7.91. The molecule has 6 heteroatoms. The summed E-state index contributed by atoms with van der Waals surface area (Å²) in [6, 6.07) is 7.97. The van der Waals surface area contributed by atoms with Crippen molar-refractivity contribution < 1.29 is 19.7 Å². The van der Waals surface area contributed by atoms with Gasteiger partial charge in [-0.2, -0.15) is 0 Å². The number of ether oxygens (including phenoxy) is 1. The first-order valence-corrected chi connectivity index (χ1v) is 9.68. The number of nitrogens with zero attached hydrogens (tertiary/aromatic N) is 1. The van der Waals surface area contributed by atoms with Crippen molar-refractivity contribution in [1.82, 2.24) is 4.90 Å². The smallest absolute Gasteiger partial charge is 0.315 e. The van der Waals surface area contributed by atoms with Gasteiger partial charge in [-0.3, -0.25) is 9.69 Å². The van der Waals surface area contributed by atoms with Gasteiger partial charge in [0.15, 0.2) is 0 Å². The van der Waals surface area contributed by atoms with E-state index in [1.807, 2.05) is 37.3 Å². The van der Waals surface area contributed by atoms with Gasteiger partial charge in [0.1, 0.15) is 11.1 Å². The highest BCUT2D eigenvalue weighted by Crippen LogP contribution is 2.72. The summed E-state index contributed by atoms with van der Waals surface area (Å²) in [7, 11) is 1.40. The van der Waals surface area contributed by atoms with Crippen LogP contribution in [0.15, 0.2) is 35.9 Å². The number of nitrogens with one attached hydrogen (secondary N) is 1. The van der Waals surface area contributed by atoms with E-state index < -0.39 is 22.6 Å². The van der Waals surface area contributed by atoms with Gasteiger partial charge in [-0.15, -0.1) is 0 Å². The molecule has 5 aliphatic rings. The molecule has 0 aromatic heterocycles. The minimum atomic E-state index is -1.13. The van der Waals surface area contributed by atoms with Crippen molar-refractivity contribution in [3.05, 3.63) is 41.5 Å². The van der Waals surface area contributed by atoms with Crippen molar-refractivity contribution in [2.24, 2.45) is 11.3 Å². The predicted octanol–water partition coefficient (Wildman–Crippen LogP) is 1.24. The molecule has 3 N–H and O–H groups in total. The van der Waals surface area contributed by atoms with Crippen LogP contribution in [-0.4, -0.2) is 59.7 Å². The van der Waals surface area contributed by atoms with Crippen molar-refractivity contribution in [2.75, 3.05) is 32.1 Å². The summed E-state index contributed by atoms with van der Waals surface area (Å²) in [6.07, 6.45) is 2.51. The van der Waals surface area contributed by atoms with Crippen LogP contribution < -0.4 is 5.32 Å². The van der Waals surface area contributed by atoms with Gasteiger partial charge in [0.25, 0.3) is 0 Å². The molecule has 4 heterocycles. The van der Waals surface area contributed by atoms with E-state index in [2.05, 4.69) is 10.2 Å². The summed E-state index contributed by atoms with van der Waals surface area (Å²) in [4.78, 5) is 15.7. The van der Waals surface area contributed by atoms with Gasteiger partial charge < -0.3 is 20.3 Å². The lowest BCUT2D eigenvalue weighted by molar-refractivity contribution is -0.184. The summed E-state index contributed by atoms with van der Waals surface area (Å²) >= 11 is 0. The molecule has 144 valence electrons. The Morgan fingerprint density at radius 2 is 2.22 bits per heavy atom. The number of benzene rings is 1. The van der Waals surface area contributed by atoms with Gasteiger partial charge in [-0.1, -0.05) is 29.8 Å². The number of methoxy groups -OCH3 is 1. The first-order chi connectivity index (χ1) is 13.0. The molecule has 4 bridgehead atoms. The molecule has 6 nitrogen and oxygen atoms in total. The molecule has 4 aliphatic heterocycles. The van der Waals surface area contributed by atoms with E-state index in [1.165, 1.54) is 7.11 Å². The van der Waals surface area contributed by atoms with Crippen molar-refractivity contribution in [2.45, 2.75) is 36.9 Å². The highest BCUT2D eigenvalue weighted by Gasteiger charge is 2.82. The number of aliphatic hydroxyl groups excluding tert-OH is 2. The fourth-order valence-electron chi connectivity index (χ4n) is 7.01. The van der Waals surface area contributed by atoms with E-state index in [0.29, 0.717) is 19.4 Å². The number of anilines is 1. The Labute approximate surface area is 158 Å². The maximum atomic E-state index is 13.4. The zero-order chi connectivity index (χ0) is 19.0. The molecule has 1 aromatic carbocycles. The summed E-state index contributed by atoms with van der Waals surface area (Å²) in [5.41, 5.74) is 0.354. The number of allylic oxidation sites excluding steroid dienone is 1. The number of hydrogen-bond acceptors (Lipinski definition) is 6. The van der Waals surface area contributed by atoms with Crippen LogP contribution >= 0.6 is 0 Å². The normalized spacial score (nSPS) is 45.2. The molecular formula is C21H26N2O4. The Morgan fingerprint density at radius 1 is 1.44 bits per heavy atom. The van der Waals surface area contributed by atoms with Gasteiger partial charge >= 0.3 is 5.97 Å². The van der Waals surface area contributed by atoms with Crippen molar-refractivity contribution >= 4 is 11.7 Å². The molecule has 6 atom stereocenters. The van der Waals surface area contributed by atoms with Crippen LogP contribution in [0.5, 0.6) is 0 Å². The average Bonchev–Trinajstić information content (AvgIpc) is 3.11. The lowest BCUT2D eigenvalue weighted by atomic mass is 9.45. The number of esters is 1. The molecule has 1 aliphatic carbocycles. The van der Waals surface area contributed by atoms with Gasteiger partial charge in [0.2, 0.25) is 0 Å². The predicted molar refractivity (Wildman–Crippen MR) is 100 cm³/mol. The van der Waals surface area contributed by atoms with Crippen LogP contribution in [0.3, 0.4) is 0 Å². The SMILES string of the molecule is CC=C1CN2CC[C@@]34c5ccccc5N[C@@]23[C@H](O)C[C@@H]1[C@@]4(CO)C(=O)OC. The zero-order valence-corrected chi connectivity index (χ0v) is 15.7. The molecular weight excluding hydrogens is 344 g/mol. The number of carbonyl (C=O) groups is 1. The number of hydrogen-bond donors (Lipinski definition) is 3. The fraction of sp³-hybridized carbons (Fsp3) is 0.571. The highest BCUT2D eigenvalue weighted by atomic mass is 16.5. The number of para-hydroxylation sites is 1. The fourth-order valence-corrected chi connectivity index (χ4v) is 7.01. The molecule has 4 fully saturated rings. The summed E-state index contributed by atoms with van der Waals surface area (Å²) in [5, 5.41) is 25.9. The number of aliphatic hydroxyl groups is 2. The quantitative estimate of drug-likeness (QED) is 0.537. The second-order valence-electron chi connectivity index (χ2n) is 8.30. The van der Waals surface area contributed by atoms with Crippen LogP contribution in [0.4, 0.5) is 5.69 Å². The minimum absolute atomic E-state index is 0.263. The van der Waals surface area contributed by atoms with E-state index in [-0.39, 0.29) is 18.5 Å². The van der Waals surface area contributed by atoms with E-state index in [9.17, 15) is 15.0 Å². The van der Waals surface area contributed by atoms with Crippen molar-refractivity contribution in [3.63, 3.8) is 0 Å². The van der Waals surface area contributed by atoms with Crippen molar-refractivity contribution in [1.29, 1.82) is 0 Å². The summed E-state index contributed by atoms with van der Waals surface area (Å²) < 4.78 is 5.33. The number of carbonyl (C=O) groups excluding carboxylic acids is 1. The van der Waals surface area contributed by atoms with Crippen LogP contribution in [0.2, 0.25) is 0 Å². The van der Waals surface area contributed by atoms with Crippen LogP contribution in [0.1, 0.15) is 25.3 Å². The highest BCUT2D eigenvalue weighted by molar-refractivity contribution is 5.85. The molecule has 1 aromatic rings. The van der Waals surface area contributed by atoms with Crippen LogP contribution in [0, 0.1) is 11.3 Å². The maximum absolute atomic E-state index is 13.4. The second-order valence-corrected chi connectivity index (χ2v) is 8.30. The third-order valence-corrected chi connectivity index (χ3v) is 7.91. The second kappa shape index (κ2) is 5.34. The Hall–Kier alpha value is -1.89. The van der Waals surface area contributed by atoms with E-state index in [4.69, 9.17) is 4.74 Å². The van der Waals surface area contributed by atoms with E-state index in [0.717, 1.165) is 23.4 Å². The average molecular weight is 370 g/mol. The lowest BCUT2D eigenvalue weighted by Gasteiger charge is -2.59. The van der Waals surface area contributed by atoms with Gasteiger partial charge in [0, 0.05) is 24.7 Å². The molecule has 6 rings (SSSR count). The number of fused-ring (bicyclic) bond motifs is 3. The topological polar surface area (TPSA) is 82.0 Å². The van der Waals surface area contributed by atoms with Gasteiger partial charge in [-0.05, 0) is 31.4 Å². The standard InChI is InChI=1S/C21H26N2O4/c1-3-13-11-23-9-8-20-14-6-4-5-7-16(14)22-21(20,23)17(25)10-15(13)19(20,12-24)18(26)27-2/h3-7,15,17,22,24-25H,8-12H2,1-2H3/t15-,17+,19-,20-,21-/m0/s1. The summed E-state index contributed by atoms with van der Waals surface area (Å²) in [5.74, 6) is -0.644. The Bertz CT molecular complexity index is 854. The maximum Gasteiger partial charge on any atom is 0.315 e. The van der Waals surface area contributed by atoms with Crippen molar-refractivity contribution in [3.8, 4) is 0 Å². The molecule has 27 heavy (non-hydrogen) atoms. The van der Waals surface area contributed by atoms with Crippen LogP contribution in [0.25, 0.3) is 0 Å². The minimum Gasteiger partial charge on any atom is -0.468 e. The number of rotatable bonds is 2.